The molecule has 1 heterocycles. The fourth-order valence-corrected chi connectivity index (χ4v) is 2.67. The Labute approximate surface area is 145 Å². The zero-order valence-corrected chi connectivity index (χ0v) is 14.1. The molecular weight excluding hydrogens is 327 g/mol. The molecule has 0 aliphatic carbocycles. The Morgan fingerprint density at radius 1 is 0.870 bits per heavy atom. The van der Waals surface area contributed by atoms with Gasteiger partial charge < -0.3 is 5.73 Å². The number of hydrogen-bond donors (Lipinski definition) is 1. The lowest BCUT2D eigenvalue weighted by Crippen LogP contribution is -2.06. The van der Waals surface area contributed by atoms with Crippen LogP contribution in [-0.2, 0) is 0 Å². The lowest BCUT2D eigenvalue weighted by molar-refractivity contribution is 0.812. The van der Waals surface area contributed by atoms with Gasteiger partial charge in [0.25, 0.3) is 0 Å². The van der Waals surface area contributed by atoms with E-state index in [9.17, 15) is 0 Å². The van der Waals surface area contributed by atoms with Gasteiger partial charge in [-0.1, -0.05) is 47.5 Å². The molecule has 23 heavy (non-hydrogen) atoms. The van der Waals surface area contributed by atoms with E-state index in [-0.39, 0.29) is 6.04 Å². The molecule has 1 unspecified atom stereocenters. The third-order valence-electron chi connectivity index (χ3n) is 3.71. The minimum Gasteiger partial charge on any atom is -0.324 e. The number of pyridine rings is 1. The molecule has 0 aliphatic heterocycles. The summed E-state index contributed by atoms with van der Waals surface area (Å²) >= 11 is 12.0. The average molecular weight is 343 g/mol. The highest BCUT2D eigenvalue weighted by atomic mass is 35.5. The van der Waals surface area contributed by atoms with Crippen molar-refractivity contribution in [3.63, 3.8) is 0 Å². The molecule has 2 nitrogen and oxygen atoms in total. The Kier molecular flexibility index (Phi) is 4.67. The molecule has 0 aliphatic rings. The van der Waals surface area contributed by atoms with Crippen LogP contribution in [0.4, 0.5) is 0 Å². The van der Waals surface area contributed by atoms with Gasteiger partial charge in [0.15, 0.2) is 0 Å². The van der Waals surface area contributed by atoms with Crippen molar-refractivity contribution in [1.29, 1.82) is 0 Å². The largest absolute Gasteiger partial charge is 0.324 e. The third kappa shape index (κ3) is 3.56. The van der Waals surface area contributed by atoms with E-state index < -0.39 is 0 Å². The normalized spacial score (nSPS) is 12.2. The van der Waals surface area contributed by atoms with Gasteiger partial charge in [-0.15, -0.1) is 0 Å². The highest BCUT2D eigenvalue weighted by Crippen LogP contribution is 2.33. The number of nitrogens with two attached hydrogens (primary N) is 1. The summed E-state index contributed by atoms with van der Waals surface area (Å²) in [5.74, 6) is 0. The van der Waals surface area contributed by atoms with Crippen molar-refractivity contribution < 1.29 is 0 Å². The predicted molar refractivity (Wildman–Crippen MR) is 97.7 cm³/mol. The third-order valence-corrected chi connectivity index (χ3v) is 4.21. The van der Waals surface area contributed by atoms with Crippen LogP contribution in [0.1, 0.15) is 18.5 Å². The molecule has 0 spiro atoms. The van der Waals surface area contributed by atoms with Crippen LogP contribution < -0.4 is 5.73 Å². The van der Waals surface area contributed by atoms with E-state index in [2.05, 4.69) is 11.1 Å². The van der Waals surface area contributed by atoms with Crippen molar-refractivity contribution >= 4 is 23.2 Å². The second-order valence-corrected chi connectivity index (χ2v) is 6.34. The lowest BCUT2D eigenvalue weighted by atomic mass is 9.96. The molecule has 0 radical (unpaired) electrons. The zero-order chi connectivity index (χ0) is 16.4. The number of halogens is 2. The molecule has 116 valence electrons. The van der Waals surface area contributed by atoms with E-state index in [1.165, 1.54) is 0 Å². The standard InChI is InChI=1S/C19H16Cl2N2/c1-12(22)15-10-18(13-2-6-16(20)7-3-13)19(23-11-15)14-4-8-17(21)9-5-14/h2-12H,22H2,1H3. The molecule has 4 heteroatoms. The Hall–Kier alpha value is -1.87. The molecule has 0 saturated heterocycles. The monoisotopic (exact) mass is 342 g/mol. The van der Waals surface area contributed by atoms with Gasteiger partial charge in [-0.25, -0.2) is 0 Å². The summed E-state index contributed by atoms with van der Waals surface area (Å²) in [6.07, 6.45) is 1.83. The minimum absolute atomic E-state index is 0.0761. The Bertz CT molecular complexity index is 810. The number of hydrogen-bond acceptors (Lipinski definition) is 2. The molecule has 0 fully saturated rings. The van der Waals surface area contributed by atoms with E-state index in [1.807, 2.05) is 61.7 Å². The maximum Gasteiger partial charge on any atom is 0.0780 e. The summed E-state index contributed by atoms with van der Waals surface area (Å²) in [7, 11) is 0. The van der Waals surface area contributed by atoms with E-state index in [1.54, 1.807) is 0 Å². The summed E-state index contributed by atoms with van der Waals surface area (Å²) in [5.41, 5.74) is 11.0. The first-order valence-electron chi connectivity index (χ1n) is 7.32. The van der Waals surface area contributed by atoms with Crippen LogP contribution in [0, 0.1) is 0 Å². The smallest absolute Gasteiger partial charge is 0.0780 e. The first-order chi connectivity index (χ1) is 11.0. The van der Waals surface area contributed by atoms with Gasteiger partial charge in [-0.05, 0) is 48.4 Å². The molecule has 0 amide bonds. The fourth-order valence-electron chi connectivity index (χ4n) is 2.42. The van der Waals surface area contributed by atoms with Crippen LogP contribution in [0.3, 0.4) is 0 Å². The highest BCUT2D eigenvalue weighted by Gasteiger charge is 2.12. The van der Waals surface area contributed by atoms with E-state index in [0.717, 1.165) is 27.9 Å². The topological polar surface area (TPSA) is 38.9 Å². The average Bonchev–Trinajstić information content (AvgIpc) is 2.56. The summed E-state index contributed by atoms with van der Waals surface area (Å²) in [5, 5.41) is 1.41. The molecule has 2 aromatic carbocycles. The molecular formula is C19H16Cl2N2. The SMILES string of the molecule is CC(N)c1cnc(-c2ccc(Cl)cc2)c(-c2ccc(Cl)cc2)c1. The van der Waals surface area contributed by atoms with Crippen molar-refractivity contribution in [1.82, 2.24) is 4.98 Å². The van der Waals surface area contributed by atoms with Crippen LogP contribution in [0.15, 0.2) is 60.8 Å². The maximum atomic E-state index is 6.01. The first kappa shape index (κ1) is 16.0. The molecule has 1 atom stereocenters. The maximum absolute atomic E-state index is 6.01. The molecule has 3 rings (SSSR count). The van der Waals surface area contributed by atoms with Gasteiger partial charge in [-0.2, -0.15) is 0 Å². The summed E-state index contributed by atoms with van der Waals surface area (Å²) in [6, 6.07) is 17.4. The van der Waals surface area contributed by atoms with Crippen LogP contribution >= 0.6 is 23.2 Å². The van der Waals surface area contributed by atoms with Crippen molar-refractivity contribution in [2.45, 2.75) is 13.0 Å². The van der Waals surface area contributed by atoms with Gasteiger partial charge in [-0.3, -0.25) is 4.98 Å². The highest BCUT2D eigenvalue weighted by molar-refractivity contribution is 6.31. The second kappa shape index (κ2) is 6.71. The fraction of sp³-hybridized carbons (Fsp3) is 0.105. The number of nitrogens with zero attached hydrogens (tertiary/aromatic N) is 1. The Morgan fingerprint density at radius 2 is 1.39 bits per heavy atom. The van der Waals surface area contributed by atoms with Gasteiger partial charge in [0.2, 0.25) is 0 Å². The van der Waals surface area contributed by atoms with Gasteiger partial charge >= 0.3 is 0 Å². The van der Waals surface area contributed by atoms with E-state index in [4.69, 9.17) is 28.9 Å². The zero-order valence-electron chi connectivity index (χ0n) is 12.6. The molecule has 3 aromatic rings. The quantitative estimate of drug-likeness (QED) is 0.658. The summed E-state index contributed by atoms with van der Waals surface area (Å²) in [4.78, 5) is 4.64. The first-order valence-corrected chi connectivity index (χ1v) is 8.07. The summed E-state index contributed by atoms with van der Waals surface area (Å²) in [6.45, 7) is 1.95. The van der Waals surface area contributed by atoms with Crippen LogP contribution in [0.5, 0.6) is 0 Å². The molecule has 0 bridgehead atoms. The Balaban J connectivity index is 2.18. The van der Waals surface area contributed by atoms with Crippen molar-refractivity contribution in [3.05, 3.63) is 76.4 Å². The molecule has 1 aromatic heterocycles. The van der Waals surface area contributed by atoms with Crippen molar-refractivity contribution in [2.75, 3.05) is 0 Å². The van der Waals surface area contributed by atoms with Gasteiger partial charge in [0, 0.05) is 33.4 Å². The molecule has 2 N–H and O–H groups in total. The number of benzene rings is 2. The van der Waals surface area contributed by atoms with Crippen LogP contribution in [0.2, 0.25) is 10.0 Å². The number of aromatic nitrogens is 1. The van der Waals surface area contributed by atoms with Gasteiger partial charge in [0.05, 0.1) is 5.69 Å². The minimum atomic E-state index is -0.0761. The molecule has 0 saturated carbocycles. The van der Waals surface area contributed by atoms with Gasteiger partial charge in [0.1, 0.15) is 0 Å². The lowest BCUT2D eigenvalue weighted by Gasteiger charge is -2.13. The second-order valence-electron chi connectivity index (χ2n) is 5.47. The van der Waals surface area contributed by atoms with Crippen molar-refractivity contribution in [2.24, 2.45) is 5.73 Å². The number of rotatable bonds is 3. The predicted octanol–water partition coefficient (Wildman–Crippen LogP) is 5.74. The summed E-state index contributed by atoms with van der Waals surface area (Å²) < 4.78 is 0. The van der Waals surface area contributed by atoms with E-state index >= 15 is 0 Å². The van der Waals surface area contributed by atoms with E-state index in [0.29, 0.717) is 10.0 Å². The van der Waals surface area contributed by atoms with Crippen LogP contribution in [-0.4, -0.2) is 4.98 Å². The van der Waals surface area contributed by atoms with Crippen molar-refractivity contribution in [3.8, 4) is 22.4 Å². The van der Waals surface area contributed by atoms with Crippen LogP contribution in [0.25, 0.3) is 22.4 Å². The Morgan fingerprint density at radius 3 is 1.91 bits per heavy atom.